The first kappa shape index (κ1) is 22.7. The average molecular weight is 387 g/mol. The third kappa shape index (κ3) is 3.54. The Bertz CT molecular complexity index is 315. The Labute approximate surface area is 157 Å². The molecule has 0 atom stereocenters. The summed E-state index contributed by atoms with van der Waals surface area (Å²) in [5.74, 6) is 1.25. The molecular formula is C20H46OSi3. The molecule has 144 valence electrons. The van der Waals surface area contributed by atoms with Crippen LogP contribution >= 0.6 is 0 Å². The van der Waals surface area contributed by atoms with E-state index in [9.17, 15) is 0 Å². The minimum absolute atomic E-state index is 0.132. The molecule has 4 heteroatoms. The van der Waals surface area contributed by atoms with Crippen molar-refractivity contribution in [3.63, 3.8) is 0 Å². The van der Waals surface area contributed by atoms with Crippen LogP contribution in [0.5, 0.6) is 0 Å². The normalized spacial score (nSPS) is 24.2. The molecule has 0 aromatic heterocycles. The summed E-state index contributed by atoms with van der Waals surface area (Å²) in [5, 5.41) is 0. The fraction of sp³-hybridized carbons (Fsp3) is 1.00. The fourth-order valence-electron chi connectivity index (χ4n) is 5.62. The molecule has 1 aliphatic heterocycles. The fourth-order valence-corrected chi connectivity index (χ4v) is 52.0. The van der Waals surface area contributed by atoms with Crippen molar-refractivity contribution >= 4 is 24.0 Å². The first-order chi connectivity index (χ1) is 10.8. The Kier molecular flexibility index (Phi) is 7.26. The van der Waals surface area contributed by atoms with Crippen molar-refractivity contribution in [1.82, 2.24) is 0 Å². The standard InChI is InChI=1S/C20H46OSi3/c1-14(2)20(15(3)4)13-23(16(5)6,17(7)8)22-24(21-20,18(9)10)19(11)12/h14-19H,13,22H2,1-12H3. The van der Waals surface area contributed by atoms with Crippen molar-refractivity contribution in [2.45, 2.75) is 117 Å². The van der Waals surface area contributed by atoms with Gasteiger partial charge < -0.3 is 4.43 Å². The molecule has 1 saturated heterocycles. The molecule has 0 aromatic carbocycles. The van der Waals surface area contributed by atoms with Crippen LogP contribution in [0.2, 0.25) is 28.2 Å². The molecular weight excluding hydrogens is 340 g/mol. The summed E-state index contributed by atoms with van der Waals surface area (Å²) >= 11 is 0. The van der Waals surface area contributed by atoms with Crippen LogP contribution in [-0.4, -0.2) is 29.6 Å². The maximum atomic E-state index is 7.50. The van der Waals surface area contributed by atoms with E-state index >= 15 is 0 Å². The van der Waals surface area contributed by atoms with E-state index in [4.69, 9.17) is 4.43 Å². The highest BCUT2D eigenvalue weighted by Crippen LogP contribution is 2.54. The maximum absolute atomic E-state index is 7.50. The minimum atomic E-state index is -1.66. The van der Waals surface area contributed by atoms with Crippen LogP contribution in [0.4, 0.5) is 0 Å². The van der Waals surface area contributed by atoms with Crippen molar-refractivity contribution in [1.29, 1.82) is 0 Å². The monoisotopic (exact) mass is 386 g/mol. The van der Waals surface area contributed by atoms with Gasteiger partial charge >= 0.3 is 0 Å². The summed E-state index contributed by atoms with van der Waals surface area (Å²) in [6, 6.07) is 1.44. The second kappa shape index (κ2) is 7.69. The predicted molar refractivity (Wildman–Crippen MR) is 119 cm³/mol. The molecule has 0 spiro atoms. The van der Waals surface area contributed by atoms with E-state index < -0.39 is 15.4 Å². The van der Waals surface area contributed by atoms with Gasteiger partial charge in [-0.25, -0.2) is 0 Å². The molecule has 0 radical (unpaired) electrons. The zero-order valence-electron chi connectivity index (χ0n) is 18.8. The van der Waals surface area contributed by atoms with E-state index in [1.165, 1.54) is 6.04 Å². The van der Waals surface area contributed by atoms with Gasteiger partial charge in [-0.05, 0) is 29.0 Å². The summed E-state index contributed by atoms with van der Waals surface area (Å²) < 4.78 is 7.50. The number of hydrogen-bond donors (Lipinski definition) is 0. The second-order valence-corrected chi connectivity index (χ2v) is 31.9. The molecule has 1 rings (SSSR count). The van der Waals surface area contributed by atoms with Gasteiger partial charge in [0.05, 0.1) is 5.60 Å². The van der Waals surface area contributed by atoms with Crippen LogP contribution in [0.25, 0.3) is 0 Å². The van der Waals surface area contributed by atoms with Gasteiger partial charge in [0.25, 0.3) is 0 Å². The van der Waals surface area contributed by atoms with Crippen molar-refractivity contribution < 1.29 is 4.43 Å². The first-order valence-electron chi connectivity index (χ1n) is 10.5. The largest absolute Gasteiger partial charge is 0.414 e. The smallest absolute Gasteiger partial charge is 0.176 e. The van der Waals surface area contributed by atoms with Crippen LogP contribution in [0.3, 0.4) is 0 Å². The van der Waals surface area contributed by atoms with E-state index in [0.29, 0.717) is 11.8 Å². The lowest BCUT2D eigenvalue weighted by Crippen LogP contribution is -2.75. The van der Waals surface area contributed by atoms with Crippen LogP contribution in [0, 0.1) is 11.8 Å². The Balaban J connectivity index is 3.68. The summed E-state index contributed by atoms with van der Waals surface area (Å²) in [6.07, 6.45) is 0. The predicted octanol–water partition coefficient (Wildman–Crippen LogP) is 6.26. The van der Waals surface area contributed by atoms with Crippen molar-refractivity contribution in [3.8, 4) is 0 Å². The summed E-state index contributed by atoms with van der Waals surface area (Å²) in [7, 11) is -3.09. The van der Waals surface area contributed by atoms with Gasteiger partial charge in [0.1, 0.15) is 0 Å². The van der Waals surface area contributed by atoms with Gasteiger partial charge in [0.15, 0.2) is 7.83 Å². The Morgan fingerprint density at radius 3 is 1.29 bits per heavy atom. The lowest BCUT2D eigenvalue weighted by molar-refractivity contribution is -0.0164. The molecule has 1 heterocycles. The van der Waals surface area contributed by atoms with Crippen molar-refractivity contribution in [2.75, 3.05) is 0 Å². The van der Waals surface area contributed by atoms with Gasteiger partial charge in [-0.2, -0.15) is 0 Å². The van der Waals surface area contributed by atoms with Crippen LogP contribution in [0.1, 0.15) is 83.1 Å². The van der Waals surface area contributed by atoms with Gasteiger partial charge in [0, 0.05) is 16.1 Å². The topological polar surface area (TPSA) is 9.23 Å². The molecule has 0 saturated carbocycles. The molecule has 1 aliphatic rings. The van der Waals surface area contributed by atoms with Gasteiger partial charge in [-0.1, -0.05) is 94.2 Å². The Hall–Kier alpha value is 0.611. The Morgan fingerprint density at radius 1 is 0.667 bits per heavy atom. The second-order valence-electron chi connectivity index (χ2n) is 10.5. The quantitative estimate of drug-likeness (QED) is 0.489. The summed E-state index contributed by atoms with van der Waals surface area (Å²) in [6.45, 7) is 30.0. The highest BCUT2D eigenvalue weighted by atomic mass is 29.6. The van der Waals surface area contributed by atoms with Crippen LogP contribution in [-0.2, 0) is 4.43 Å². The molecule has 0 amide bonds. The molecule has 24 heavy (non-hydrogen) atoms. The van der Waals surface area contributed by atoms with E-state index in [2.05, 4.69) is 83.1 Å². The van der Waals surface area contributed by atoms with E-state index in [0.717, 1.165) is 22.2 Å². The summed E-state index contributed by atoms with van der Waals surface area (Å²) in [5.41, 5.74) is 3.49. The molecule has 0 aromatic rings. The average Bonchev–Trinajstić information content (AvgIpc) is 2.44. The molecule has 0 N–H and O–H groups in total. The Morgan fingerprint density at radius 2 is 1.04 bits per heavy atom. The SMILES string of the molecule is CC(C)C1(C(C)C)C[Si](C(C)C)(C(C)C)[SiH2][Si](C(C)C)(C(C)C)O1. The molecule has 0 bridgehead atoms. The maximum Gasteiger partial charge on any atom is 0.176 e. The van der Waals surface area contributed by atoms with Gasteiger partial charge in [-0.3, -0.25) is 0 Å². The van der Waals surface area contributed by atoms with E-state index in [-0.39, 0.29) is 14.2 Å². The number of hydrogen-bond acceptors (Lipinski definition) is 1. The third-order valence-electron chi connectivity index (χ3n) is 7.80. The number of rotatable bonds is 6. The lowest BCUT2D eigenvalue weighted by atomic mass is 9.82. The highest BCUT2D eigenvalue weighted by Gasteiger charge is 2.63. The van der Waals surface area contributed by atoms with Crippen molar-refractivity contribution in [3.05, 3.63) is 0 Å². The molecule has 0 aliphatic carbocycles. The zero-order valence-corrected chi connectivity index (χ0v) is 22.2. The molecule has 0 unspecified atom stereocenters. The summed E-state index contributed by atoms with van der Waals surface area (Å²) in [4.78, 5) is 0. The third-order valence-corrected chi connectivity index (χ3v) is 45.0. The van der Waals surface area contributed by atoms with E-state index in [1.807, 2.05) is 0 Å². The zero-order chi connectivity index (χ0) is 19.1. The van der Waals surface area contributed by atoms with Crippen LogP contribution < -0.4 is 0 Å². The highest BCUT2D eigenvalue weighted by molar-refractivity contribution is 7.53. The van der Waals surface area contributed by atoms with Gasteiger partial charge in [-0.15, -0.1) is 0 Å². The van der Waals surface area contributed by atoms with Crippen LogP contribution in [0.15, 0.2) is 0 Å². The molecule has 1 fully saturated rings. The van der Waals surface area contributed by atoms with Gasteiger partial charge in [0.2, 0.25) is 0 Å². The first-order valence-corrected chi connectivity index (χ1v) is 19.6. The lowest BCUT2D eigenvalue weighted by Gasteiger charge is -2.63. The molecule has 1 nitrogen and oxygen atoms in total. The van der Waals surface area contributed by atoms with Crippen molar-refractivity contribution in [2.24, 2.45) is 11.8 Å². The minimum Gasteiger partial charge on any atom is -0.414 e. The van der Waals surface area contributed by atoms with E-state index in [1.54, 1.807) is 0 Å².